The van der Waals surface area contributed by atoms with Crippen molar-refractivity contribution < 1.29 is 4.74 Å². The summed E-state index contributed by atoms with van der Waals surface area (Å²) in [4.78, 5) is 0. The van der Waals surface area contributed by atoms with E-state index in [1.54, 1.807) is 13.4 Å². The molecule has 0 bridgehead atoms. The minimum absolute atomic E-state index is 0.0192. The van der Waals surface area contributed by atoms with E-state index >= 15 is 0 Å². The summed E-state index contributed by atoms with van der Waals surface area (Å²) in [6.07, 6.45) is 1.75. The first-order valence-electron chi connectivity index (χ1n) is 4.75. The molecule has 4 nitrogen and oxygen atoms in total. The van der Waals surface area contributed by atoms with Crippen LogP contribution in [0.3, 0.4) is 0 Å². The Morgan fingerprint density at radius 3 is 2.21 bits per heavy atom. The van der Waals surface area contributed by atoms with Crippen LogP contribution in [0.1, 0.15) is 40.4 Å². The fourth-order valence-corrected chi connectivity index (χ4v) is 1.23. The molecule has 1 aromatic heterocycles. The first-order chi connectivity index (χ1) is 6.29. The van der Waals surface area contributed by atoms with Crippen LogP contribution in [-0.2, 0) is 15.9 Å². The second-order valence-corrected chi connectivity index (χ2v) is 4.91. The van der Waals surface area contributed by atoms with E-state index in [9.17, 15) is 0 Å². The Bertz CT molecular complexity index is 309. The minimum Gasteiger partial charge on any atom is -0.371 e. The quantitative estimate of drug-likeness (QED) is 0.727. The molecule has 0 unspecified atom stereocenters. The van der Waals surface area contributed by atoms with Crippen molar-refractivity contribution in [3.8, 4) is 0 Å². The van der Waals surface area contributed by atoms with E-state index in [0.717, 1.165) is 5.82 Å². The molecule has 14 heavy (non-hydrogen) atoms. The van der Waals surface area contributed by atoms with Crippen LogP contribution in [0.15, 0.2) is 6.33 Å². The molecule has 0 atom stereocenters. The maximum absolute atomic E-state index is 5.39. The van der Waals surface area contributed by atoms with Gasteiger partial charge >= 0.3 is 0 Å². The highest BCUT2D eigenvalue weighted by Gasteiger charge is 2.29. The molecule has 0 fully saturated rings. The van der Waals surface area contributed by atoms with Gasteiger partial charge in [0.2, 0.25) is 0 Å². The van der Waals surface area contributed by atoms with E-state index < -0.39 is 5.60 Å². The molecular formula is C10H19N3O. The highest BCUT2D eigenvalue weighted by molar-refractivity contribution is 5.01. The normalized spacial score (nSPS) is 13.3. The Morgan fingerprint density at radius 1 is 1.21 bits per heavy atom. The van der Waals surface area contributed by atoms with E-state index in [0.29, 0.717) is 0 Å². The van der Waals surface area contributed by atoms with Crippen LogP contribution in [0.25, 0.3) is 0 Å². The number of ether oxygens (including phenoxy) is 1. The van der Waals surface area contributed by atoms with Crippen LogP contribution in [0.5, 0.6) is 0 Å². The highest BCUT2D eigenvalue weighted by atomic mass is 16.5. The van der Waals surface area contributed by atoms with E-state index in [1.165, 1.54) is 0 Å². The largest absolute Gasteiger partial charge is 0.371 e. The third-order valence-electron chi connectivity index (χ3n) is 2.32. The first-order valence-corrected chi connectivity index (χ1v) is 4.75. The topological polar surface area (TPSA) is 39.9 Å². The third kappa shape index (κ3) is 1.95. The molecule has 0 saturated heterocycles. The van der Waals surface area contributed by atoms with E-state index in [4.69, 9.17) is 4.74 Å². The summed E-state index contributed by atoms with van der Waals surface area (Å²) in [6, 6.07) is 0. The fraction of sp³-hybridized carbons (Fsp3) is 0.800. The molecule has 80 valence electrons. The van der Waals surface area contributed by atoms with E-state index in [-0.39, 0.29) is 5.54 Å². The smallest absolute Gasteiger partial charge is 0.165 e. The molecule has 0 amide bonds. The fourth-order valence-electron chi connectivity index (χ4n) is 1.23. The Kier molecular flexibility index (Phi) is 2.67. The summed E-state index contributed by atoms with van der Waals surface area (Å²) in [5.41, 5.74) is -0.418. The third-order valence-corrected chi connectivity index (χ3v) is 2.32. The summed E-state index contributed by atoms with van der Waals surface area (Å²) in [5, 5.41) is 8.05. The van der Waals surface area contributed by atoms with Crippen LogP contribution in [0, 0.1) is 0 Å². The molecule has 0 spiro atoms. The Hall–Kier alpha value is -0.900. The van der Waals surface area contributed by atoms with Gasteiger partial charge in [0, 0.05) is 12.6 Å². The molecule has 0 saturated carbocycles. The van der Waals surface area contributed by atoms with E-state index in [2.05, 4.69) is 31.0 Å². The molecule has 0 aliphatic heterocycles. The van der Waals surface area contributed by atoms with Gasteiger partial charge in [0.1, 0.15) is 11.9 Å². The molecule has 1 heterocycles. The summed E-state index contributed by atoms with van der Waals surface area (Å²) in [7, 11) is 1.68. The predicted octanol–water partition coefficient (Wildman–Crippen LogP) is 1.91. The number of hydrogen-bond acceptors (Lipinski definition) is 3. The van der Waals surface area contributed by atoms with Gasteiger partial charge in [-0.25, -0.2) is 0 Å². The maximum atomic E-state index is 5.39. The summed E-state index contributed by atoms with van der Waals surface area (Å²) >= 11 is 0. The second-order valence-electron chi connectivity index (χ2n) is 4.91. The molecule has 0 aromatic carbocycles. The lowest BCUT2D eigenvalue weighted by Gasteiger charge is -2.29. The predicted molar refractivity (Wildman–Crippen MR) is 55.1 cm³/mol. The molecule has 0 aliphatic carbocycles. The SMILES string of the molecule is COC(C)(C)c1nncn1C(C)(C)C. The van der Waals surface area contributed by atoms with Crippen molar-refractivity contribution in [2.45, 2.75) is 45.8 Å². The average Bonchev–Trinajstić information content (AvgIpc) is 2.51. The summed E-state index contributed by atoms with van der Waals surface area (Å²) in [6.45, 7) is 10.3. The first kappa shape index (κ1) is 11.2. The lowest BCUT2D eigenvalue weighted by Crippen LogP contribution is -2.31. The van der Waals surface area contributed by atoms with Crippen LogP contribution in [-0.4, -0.2) is 21.9 Å². The van der Waals surface area contributed by atoms with Gasteiger partial charge in [-0.05, 0) is 34.6 Å². The number of aromatic nitrogens is 3. The van der Waals surface area contributed by atoms with E-state index in [1.807, 2.05) is 18.4 Å². The Morgan fingerprint density at radius 2 is 1.79 bits per heavy atom. The van der Waals surface area contributed by atoms with Crippen molar-refractivity contribution in [1.29, 1.82) is 0 Å². The van der Waals surface area contributed by atoms with Crippen molar-refractivity contribution in [3.05, 3.63) is 12.2 Å². The highest BCUT2D eigenvalue weighted by Crippen LogP contribution is 2.25. The number of methoxy groups -OCH3 is 1. The van der Waals surface area contributed by atoms with Gasteiger partial charge in [0.25, 0.3) is 0 Å². The van der Waals surface area contributed by atoms with Crippen molar-refractivity contribution in [1.82, 2.24) is 14.8 Å². The summed E-state index contributed by atoms with van der Waals surface area (Å²) in [5.74, 6) is 0.854. The zero-order valence-corrected chi connectivity index (χ0v) is 9.83. The minimum atomic E-state index is -0.399. The van der Waals surface area contributed by atoms with Gasteiger partial charge in [-0.3, -0.25) is 0 Å². The lowest BCUT2D eigenvalue weighted by atomic mass is 10.0. The number of rotatable bonds is 2. The van der Waals surface area contributed by atoms with Crippen LogP contribution in [0.2, 0.25) is 0 Å². The van der Waals surface area contributed by atoms with Crippen LogP contribution >= 0.6 is 0 Å². The number of hydrogen-bond donors (Lipinski definition) is 0. The second kappa shape index (κ2) is 3.35. The van der Waals surface area contributed by atoms with Crippen molar-refractivity contribution >= 4 is 0 Å². The standard InChI is InChI=1S/C10H19N3O/c1-9(2,3)13-7-11-12-8(13)10(4,5)14-6/h7H,1-6H3. The van der Waals surface area contributed by atoms with Gasteiger partial charge < -0.3 is 9.30 Å². The van der Waals surface area contributed by atoms with Crippen LogP contribution in [0.4, 0.5) is 0 Å². The summed E-state index contributed by atoms with van der Waals surface area (Å²) < 4.78 is 7.43. The van der Waals surface area contributed by atoms with Gasteiger partial charge in [-0.15, -0.1) is 10.2 Å². The molecule has 1 aromatic rings. The maximum Gasteiger partial charge on any atom is 0.165 e. The molecule has 0 radical (unpaired) electrons. The molecule has 0 N–H and O–H groups in total. The Balaban J connectivity index is 3.18. The van der Waals surface area contributed by atoms with Crippen molar-refractivity contribution in [2.24, 2.45) is 0 Å². The lowest BCUT2D eigenvalue weighted by molar-refractivity contribution is 0.00532. The monoisotopic (exact) mass is 197 g/mol. The van der Waals surface area contributed by atoms with Gasteiger partial charge in [0.15, 0.2) is 5.82 Å². The molecular weight excluding hydrogens is 178 g/mol. The van der Waals surface area contributed by atoms with Gasteiger partial charge in [-0.2, -0.15) is 0 Å². The molecule has 0 aliphatic rings. The molecule has 1 rings (SSSR count). The zero-order chi connectivity index (χ0) is 11.0. The van der Waals surface area contributed by atoms with Gasteiger partial charge in [0.05, 0.1) is 0 Å². The number of nitrogens with zero attached hydrogens (tertiary/aromatic N) is 3. The molecule has 4 heteroatoms. The van der Waals surface area contributed by atoms with Crippen molar-refractivity contribution in [2.75, 3.05) is 7.11 Å². The average molecular weight is 197 g/mol. The Labute approximate surface area is 85.3 Å². The zero-order valence-electron chi connectivity index (χ0n) is 9.83. The van der Waals surface area contributed by atoms with Crippen LogP contribution < -0.4 is 0 Å². The van der Waals surface area contributed by atoms with Crippen molar-refractivity contribution in [3.63, 3.8) is 0 Å². The van der Waals surface area contributed by atoms with Gasteiger partial charge in [-0.1, -0.05) is 0 Å².